The molecule has 0 saturated carbocycles. The van der Waals surface area contributed by atoms with Crippen LogP contribution in [-0.4, -0.2) is 9.04 Å². The van der Waals surface area contributed by atoms with Crippen LogP contribution in [0.25, 0.3) is 54.2 Å². The van der Waals surface area contributed by atoms with E-state index in [0.717, 1.165) is 0 Å². The minimum absolute atomic E-state index is 0.00810. The summed E-state index contributed by atoms with van der Waals surface area (Å²) in [6.07, 6.45) is 0. The fourth-order valence-electron chi connectivity index (χ4n) is 6.30. The first-order chi connectivity index (χ1) is 18.4. The Bertz CT molecular complexity index is 1800. The molecule has 0 aliphatic rings. The monoisotopic (exact) mass is 528 g/mol. The summed E-state index contributed by atoms with van der Waals surface area (Å²) < 4.78 is 6.47. The molecular weight excluding hydrogens is 488 g/mol. The second-order valence-electron chi connectivity index (χ2n) is 13.5. The van der Waals surface area contributed by atoms with Crippen LogP contribution in [0.2, 0.25) is 13.1 Å². The molecule has 0 atom stereocenters. The van der Waals surface area contributed by atoms with Crippen molar-refractivity contribution < 1.29 is 4.43 Å². The van der Waals surface area contributed by atoms with Gasteiger partial charge in [-0.3, -0.25) is 0 Å². The summed E-state index contributed by atoms with van der Waals surface area (Å²) >= 11 is 0. The van der Waals surface area contributed by atoms with Gasteiger partial charge in [-0.15, -0.1) is 0 Å². The maximum atomic E-state index is 6.47. The zero-order chi connectivity index (χ0) is 27.7. The number of rotatable bonds is 4. The highest BCUT2D eigenvalue weighted by Crippen LogP contribution is 2.45. The minimum atomic E-state index is -1.20. The van der Waals surface area contributed by atoms with Gasteiger partial charge in [0.05, 0.1) is 6.61 Å². The summed E-state index contributed by atoms with van der Waals surface area (Å²) in [4.78, 5) is 0. The average molecular weight is 529 g/mol. The SMILES string of the molecule is C[SiH](C)OCc1c(-c2ccc3c4cccc5cccc(c6cccc2c63)c54)cc(C(C)(C)C)cc1C(C)(C)C. The highest BCUT2D eigenvalue weighted by molar-refractivity contribution is 6.48. The van der Waals surface area contributed by atoms with Gasteiger partial charge in [0, 0.05) is 0 Å². The van der Waals surface area contributed by atoms with Crippen LogP contribution in [0.5, 0.6) is 0 Å². The fraction of sp³-hybridized carbons (Fsp3) is 0.297. The van der Waals surface area contributed by atoms with Crippen molar-refractivity contribution in [3.8, 4) is 11.1 Å². The molecule has 0 aliphatic carbocycles. The van der Waals surface area contributed by atoms with Crippen molar-refractivity contribution >= 4 is 52.1 Å². The summed E-state index contributed by atoms with van der Waals surface area (Å²) in [6, 6.07) is 30.0. The van der Waals surface area contributed by atoms with Crippen LogP contribution < -0.4 is 0 Å². The maximum absolute atomic E-state index is 6.47. The van der Waals surface area contributed by atoms with E-state index in [9.17, 15) is 0 Å². The third-order valence-corrected chi connectivity index (χ3v) is 9.13. The van der Waals surface area contributed by atoms with Gasteiger partial charge >= 0.3 is 0 Å². The van der Waals surface area contributed by atoms with Gasteiger partial charge in [-0.1, -0.05) is 120 Å². The topological polar surface area (TPSA) is 9.23 Å². The summed E-state index contributed by atoms with van der Waals surface area (Å²) in [6.45, 7) is 19.2. The quantitative estimate of drug-likeness (QED) is 0.126. The first-order valence-electron chi connectivity index (χ1n) is 14.3. The molecule has 6 rings (SSSR count). The highest BCUT2D eigenvalue weighted by Gasteiger charge is 2.27. The van der Waals surface area contributed by atoms with Crippen LogP contribution in [0.3, 0.4) is 0 Å². The van der Waals surface area contributed by atoms with E-state index >= 15 is 0 Å². The molecule has 2 heteroatoms. The molecule has 0 N–H and O–H groups in total. The van der Waals surface area contributed by atoms with Crippen molar-refractivity contribution in [2.45, 2.75) is 72.1 Å². The highest BCUT2D eigenvalue weighted by atomic mass is 28.3. The standard InChI is InChI=1S/C37H40OSi/c1-36(2,3)24-20-31(32(22-38-39(7)8)33(21-24)37(4,5)6)25-18-19-30-28-15-10-13-23-12-9-14-27(34(23)28)29-17-11-16-26(25)35(29)30/h9-21,39H,22H2,1-8H3. The van der Waals surface area contributed by atoms with E-state index in [4.69, 9.17) is 4.43 Å². The predicted octanol–water partition coefficient (Wildman–Crippen LogP) is 10.5. The number of hydrogen-bond donors (Lipinski definition) is 0. The van der Waals surface area contributed by atoms with E-state index < -0.39 is 9.04 Å². The summed E-state index contributed by atoms with van der Waals surface area (Å²) in [5.41, 5.74) is 6.80. The van der Waals surface area contributed by atoms with E-state index in [-0.39, 0.29) is 10.8 Å². The third kappa shape index (κ3) is 4.35. The largest absolute Gasteiger partial charge is 0.416 e. The van der Waals surface area contributed by atoms with Gasteiger partial charge in [-0.25, -0.2) is 0 Å². The Morgan fingerprint density at radius 1 is 0.590 bits per heavy atom. The first-order valence-corrected chi connectivity index (χ1v) is 17.1. The molecule has 6 aromatic rings. The molecule has 0 amide bonds. The van der Waals surface area contributed by atoms with E-state index in [1.54, 1.807) is 0 Å². The van der Waals surface area contributed by atoms with Gasteiger partial charge in [0.15, 0.2) is 9.04 Å². The molecule has 0 bridgehead atoms. The Morgan fingerprint density at radius 2 is 1.15 bits per heavy atom. The molecule has 0 unspecified atom stereocenters. The lowest BCUT2D eigenvalue weighted by atomic mass is 9.75. The lowest BCUT2D eigenvalue weighted by molar-refractivity contribution is 0.311. The summed E-state index contributed by atoms with van der Waals surface area (Å²) in [5, 5.41) is 10.7. The van der Waals surface area contributed by atoms with Gasteiger partial charge < -0.3 is 4.43 Å². The Balaban J connectivity index is 1.76. The molecule has 39 heavy (non-hydrogen) atoms. The zero-order valence-electron chi connectivity index (χ0n) is 24.7. The Labute approximate surface area is 234 Å². The van der Waals surface area contributed by atoms with Crippen molar-refractivity contribution in [3.63, 3.8) is 0 Å². The second kappa shape index (κ2) is 9.18. The molecular formula is C37H40OSi. The van der Waals surface area contributed by atoms with Gasteiger partial charge in [0.25, 0.3) is 0 Å². The fourth-order valence-corrected chi connectivity index (χ4v) is 6.80. The van der Waals surface area contributed by atoms with E-state index in [0.29, 0.717) is 6.61 Å². The average Bonchev–Trinajstić information content (AvgIpc) is 2.88. The number of hydrogen-bond acceptors (Lipinski definition) is 1. The van der Waals surface area contributed by atoms with Gasteiger partial charge in [-0.05, 0) is 94.8 Å². The van der Waals surface area contributed by atoms with Crippen LogP contribution in [0.4, 0.5) is 0 Å². The van der Waals surface area contributed by atoms with Crippen molar-refractivity contribution in [2.24, 2.45) is 0 Å². The van der Waals surface area contributed by atoms with Gasteiger partial charge in [0.2, 0.25) is 0 Å². The van der Waals surface area contributed by atoms with Crippen LogP contribution in [0.15, 0.2) is 78.9 Å². The van der Waals surface area contributed by atoms with Crippen molar-refractivity contribution in [1.82, 2.24) is 0 Å². The van der Waals surface area contributed by atoms with E-state index in [1.807, 2.05) is 0 Å². The maximum Gasteiger partial charge on any atom is 0.171 e. The normalized spacial score (nSPS) is 13.1. The molecule has 0 aliphatic heterocycles. The molecule has 198 valence electrons. The lowest BCUT2D eigenvalue weighted by Crippen LogP contribution is -2.21. The van der Waals surface area contributed by atoms with Gasteiger partial charge in [-0.2, -0.15) is 0 Å². The molecule has 0 fully saturated rings. The van der Waals surface area contributed by atoms with Crippen molar-refractivity contribution in [3.05, 3.63) is 95.6 Å². The molecule has 0 saturated heterocycles. The van der Waals surface area contributed by atoms with Crippen LogP contribution in [0.1, 0.15) is 58.2 Å². The molecule has 1 nitrogen and oxygen atoms in total. The minimum Gasteiger partial charge on any atom is -0.416 e. The molecule has 6 aromatic carbocycles. The smallest absolute Gasteiger partial charge is 0.171 e. The molecule has 0 aromatic heterocycles. The number of benzene rings is 6. The first kappa shape index (κ1) is 26.0. The lowest BCUT2D eigenvalue weighted by Gasteiger charge is -2.30. The third-order valence-electron chi connectivity index (χ3n) is 8.30. The Morgan fingerprint density at radius 3 is 1.74 bits per heavy atom. The van der Waals surface area contributed by atoms with Crippen LogP contribution >= 0.6 is 0 Å². The second-order valence-corrected chi connectivity index (χ2v) is 15.9. The van der Waals surface area contributed by atoms with Crippen molar-refractivity contribution in [2.75, 3.05) is 0 Å². The van der Waals surface area contributed by atoms with Crippen molar-refractivity contribution in [1.29, 1.82) is 0 Å². The van der Waals surface area contributed by atoms with Crippen LogP contribution in [0, 0.1) is 0 Å². The van der Waals surface area contributed by atoms with E-state index in [2.05, 4.69) is 133 Å². The van der Waals surface area contributed by atoms with Gasteiger partial charge in [0.1, 0.15) is 0 Å². The zero-order valence-corrected chi connectivity index (χ0v) is 25.9. The Hall–Kier alpha value is -3.20. The predicted molar refractivity (Wildman–Crippen MR) is 174 cm³/mol. The molecule has 0 heterocycles. The van der Waals surface area contributed by atoms with E-state index in [1.165, 1.54) is 70.9 Å². The summed E-state index contributed by atoms with van der Waals surface area (Å²) in [5.74, 6) is 0. The number of fused-ring (bicyclic) bond motifs is 2. The van der Waals surface area contributed by atoms with Crippen LogP contribution in [-0.2, 0) is 21.9 Å². The Kier molecular flexibility index (Phi) is 6.13. The summed E-state index contributed by atoms with van der Waals surface area (Å²) in [7, 11) is -1.20. The molecule has 0 spiro atoms. The molecule has 0 radical (unpaired) electrons.